The lowest BCUT2D eigenvalue weighted by atomic mass is 9.89. The molecule has 8 nitrogen and oxygen atoms in total. The van der Waals surface area contributed by atoms with Gasteiger partial charge in [-0.1, -0.05) is 30.3 Å². The van der Waals surface area contributed by atoms with E-state index in [0.717, 1.165) is 5.82 Å². The Labute approximate surface area is 180 Å². The fourth-order valence-electron chi connectivity index (χ4n) is 4.00. The second-order valence-electron chi connectivity index (χ2n) is 7.45. The molecule has 1 aliphatic carbocycles. The number of benzene rings is 1. The number of nitrogens with zero attached hydrogens (tertiary/aromatic N) is 4. The molecule has 0 saturated carbocycles. The number of aromatic nitrogens is 1. The van der Waals surface area contributed by atoms with Crippen LogP contribution in [0.15, 0.2) is 60.1 Å². The lowest BCUT2D eigenvalue weighted by Crippen LogP contribution is -2.50. The van der Waals surface area contributed by atoms with E-state index in [9.17, 15) is 14.4 Å². The van der Waals surface area contributed by atoms with Crippen LogP contribution in [0.25, 0.3) is 0 Å². The molecule has 0 unspecified atom stereocenters. The van der Waals surface area contributed by atoms with E-state index in [1.807, 2.05) is 23.1 Å². The van der Waals surface area contributed by atoms with Crippen LogP contribution >= 0.6 is 0 Å². The monoisotopic (exact) mass is 420 g/mol. The molecule has 0 radical (unpaired) electrons. The Morgan fingerprint density at radius 2 is 1.58 bits per heavy atom. The smallest absolute Gasteiger partial charge is 0.252 e. The lowest BCUT2D eigenvalue weighted by Gasteiger charge is -2.40. The number of pyridine rings is 1. The molecule has 0 bridgehead atoms. The number of amides is 1. The van der Waals surface area contributed by atoms with E-state index >= 15 is 0 Å². The topological polar surface area (TPSA) is 83.1 Å². The van der Waals surface area contributed by atoms with E-state index in [0.29, 0.717) is 37.3 Å². The minimum absolute atomic E-state index is 0.108. The standard InChI is InChI=1S/C23H24N4O4/c1-25(19(28)15-31-2)20-21(23(30)17-8-4-3-7-16(17)22(20)29)27-13-11-26(12-14-27)18-9-5-6-10-24-18/h3-10H,11-15H2,1-2H3. The van der Waals surface area contributed by atoms with Gasteiger partial charge in [0.2, 0.25) is 11.6 Å². The quantitative estimate of drug-likeness (QED) is 0.727. The third kappa shape index (κ3) is 3.82. The van der Waals surface area contributed by atoms with Gasteiger partial charge in [-0.25, -0.2) is 4.98 Å². The van der Waals surface area contributed by atoms with Crippen LogP contribution in [0.5, 0.6) is 0 Å². The van der Waals surface area contributed by atoms with Crippen LogP contribution in [-0.4, -0.2) is 79.2 Å². The zero-order valence-electron chi connectivity index (χ0n) is 17.6. The van der Waals surface area contributed by atoms with Crippen molar-refractivity contribution in [3.63, 3.8) is 0 Å². The first-order chi connectivity index (χ1) is 15.0. The van der Waals surface area contributed by atoms with Gasteiger partial charge < -0.3 is 19.4 Å². The molecule has 31 heavy (non-hydrogen) atoms. The summed E-state index contributed by atoms with van der Waals surface area (Å²) in [5.41, 5.74) is 1.06. The van der Waals surface area contributed by atoms with E-state index in [-0.39, 0.29) is 35.5 Å². The van der Waals surface area contributed by atoms with Crippen molar-refractivity contribution in [3.05, 3.63) is 71.2 Å². The highest BCUT2D eigenvalue weighted by molar-refractivity contribution is 6.27. The van der Waals surface area contributed by atoms with E-state index in [2.05, 4.69) is 9.88 Å². The van der Waals surface area contributed by atoms with Crippen LogP contribution in [-0.2, 0) is 9.53 Å². The van der Waals surface area contributed by atoms with Crippen molar-refractivity contribution < 1.29 is 19.1 Å². The van der Waals surface area contributed by atoms with E-state index in [1.165, 1.54) is 19.1 Å². The first-order valence-corrected chi connectivity index (χ1v) is 10.1. The Morgan fingerprint density at radius 1 is 0.968 bits per heavy atom. The largest absolute Gasteiger partial charge is 0.375 e. The highest BCUT2D eigenvalue weighted by Crippen LogP contribution is 2.31. The molecule has 1 amide bonds. The van der Waals surface area contributed by atoms with Crippen molar-refractivity contribution in [2.24, 2.45) is 0 Å². The molecule has 2 aliphatic rings. The molecule has 1 saturated heterocycles. The number of methoxy groups -OCH3 is 1. The summed E-state index contributed by atoms with van der Waals surface area (Å²) in [4.78, 5) is 49.0. The van der Waals surface area contributed by atoms with E-state index in [4.69, 9.17) is 4.74 Å². The summed E-state index contributed by atoms with van der Waals surface area (Å²) in [6.45, 7) is 2.18. The normalized spacial score (nSPS) is 16.5. The number of piperazine rings is 1. The summed E-state index contributed by atoms with van der Waals surface area (Å²) in [6.07, 6.45) is 1.75. The van der Waals surface area contributed by atoms with Crippen LogP contribution < -0.4 is 4.90 Å². The maximum Gasteiger partial charge on any atom is 0.252 e. The molecule has 1 aromatic carbocycles. The third-order valence-corrected chi connectivity index (χ3v) is 5.62. The molecule has 1 fully saturated rings. The maximum absolute atomic E-state index is 13.5. The minimum Gasteiger partial charge on any atom is -0.375 e. The number of carbonyl (C=O) groups is 3. The first kappa shape index (κ1) is 20.7. The molecular weight excluding hydrogens is 396 g/mol. The number of anilines is 1. The fraction of sp³-hybridized carbons (Fsp3) is 0.304. The van der Waals surface area contributed by atoms with Crippen molar-refractivity contribution in [3.8, 4) is 0 Å². The molecule has 2 aromatic rings. The highest BCUT2D eigenvalue weighted by atomic mass is 16.5. The molecule has 160 valence electrons. The lowest BCUT2D eigenvalue weighted by molar-refractivity contribution is -0.131. The predicted molar refractivity (Wildman–Crippen MR) is 115 cm³/mol. The average Bonchev–Trinajstić information content (AvgIpc) is 2.81. The molecule has 0 N–H and O–H groups in total. The minimum atomic E-state index is -0.386. The summed E-state index contributed by atoms with van der Waals surface area (Å²) < 4.78 is 4.95. The van der Waals surface area contributed by atoms with Crippen LogP contribution in [0.2, 0.25) is 0 Å². The molecule has 4 rings (SSSR count). The molecule has 8 heteroatoms. The molecule has 0 spiro atoms. The van der Waals surface area contributed by atoms with Crippen molar-refractivity contribution in [1.82, 2.24) is 14.8 Å². The van der Waals surface area contributed by atoms with Gasteiger partial charge in [0.25, 0.3) is 5.91 Å². The Morgan fingerprint density at radius 3 is 2.19 bits per heavy atom. The molecule has 1 aromatic heterocycles. The molecular formula is C23H24N4O4. The van der Waals surface area contributed by atoms with Gasteiger partial charge in [-0.2, -0.15) is 0 Å². The van der Waals surface area contributed by atoms with Crippen molar-refractivity contribution in [2.75, 3.05) is 51.8 Å². The van der Waals surface area contributed by atoms with Crippen LogP contribution in [0.1, 0.15) is 20.7 Å². The van der Waals surface area contributed by atoms with Gasteiger partial charge in [0.15, 0.2) is 0 Å². The molecule has 1 aliphatic heterocycles. The van der Waals surface area contributed by atoms with Gasteiger partial charge in [-0.3, -0.25) is 14.4 Å². The number of rotatable bonds is 5. The summed E-state index contributed by atoms with van der Waals surface area (Å²) in [6, 6.07) is 12.5. The first-order valence-electron chi connectivity index (χ1n) is 10.1. The van der Waals surface area contributed by atoms with E-state index in [1.54, 1.807) is 30.5 Å². The van der Waals surface area contributed by atoms with Crippen LogP contribution in [0, 0.1) is 0 Å². The maximum atomic E-state index is 13.5. The highest BCUT2D eigenvalue weighted by Gasteiger charge is 2.39. The molecule has 0 atom stereocenters. The number of likely N-dealkylation sites (N-methyl/N-ethyl adjacent to an activating group) is 1. The number of fused-ring (bicyclic) bond motifs is 1. The average molecular weight is 420 g/mol. The number of ether oxygens (including phenoxy) is 1. The van der Waals surface area contributed by atoms with Gasteiger partial charge >= 0.3 is 0 Å². The summed E-state index contributed by atoms with van der Waals surface area (Å²) in [5, 5.41) is 0. The Kier molecular flexibility index (Phi) is 5.81. The fourth-order valence-corrected chi connectivity index (χ4v) is 4.00. The number of ketones is 2. The number of carbonyl (C=O) groups excluding carboxylic acids is 3. The van der Waals surface area contributed by atoms with Gasteiger partial charge in [0.05, 0.1) is 0 Å². The van der Waals surface area contributed by atoms with Gasteiger partial charge in [0.1, 0.15) is 23.8 Å². The number of Topliss-reactive ketones (excluding diaryl/α,β-unsaturated/α-hetero) is 2. The van der Waals surface area contributed by atoms with Crippen molar-refractivity contribution in [2.45, 2.75) is 0 Å². The Hall–Kier alpha value is -3.52. The summed E-state index contributed by atoms with van der Waals surface area (Å²) >= 11 is 0. The third-order valence-electron chi connectivity index (χ3n) is 5.62. The van der Waals surface area contributed by atoms with Crippen LogP contribution in [0.3, 0.4) is 0 Å². The zero-order chi connectivity index (χ0) is 22.0. The predicted octanol–water partition coefficient (Wildman–Crippen LogP) is 1.60. The van der Waals surface area contributed by atoms with Crippen molar-refractivity contribution in [1.29, 1.82) is 0 Å². The van der Waals surface area contributed by atoms with Gasteiger partial charge in [0, 0.05) is 57.7 Å². The SMILES string of the molecule is COCC(=O)N(C)C1=C(N2CCN(c3ccccn3)CC2)C(=O)c2ccccc2C1=O. The second kappa shape index (κ2) is 8.69. The second-order valence-corrected chi connectivity index (χ2v) is 7.45. The zero-order valence-corrected chi connectivity index (χ0v) is 17.6. The van der Waals surface area contributed by atoms with Gasteiger partial charge in [-0.15, -0.1) is 0 Å². The van der Waals surface area contributed by atoms with Gasteiger partial charge in [-0.05, 0) is 12.1 Å². The summed E-state index contributed by atoms with van der Waals surface area (Å²) in [5.74, 6) is -0.0827. The van der Waals surface area contributed by atoms with E-state index < -0.39 is 0 Å². The van der Waals surface area contributed by atoms with Crippen molar-refractivity contribution >= 4 is 23.3 Å². The Balaban J connectivity index is 1.69. The number of allylic oxidation sites excluding steroid dienone is 2. The van der Waals surface area contributed by atoms with Crippen LogP contribution in [0.4, 0.5) is 5.82 Å². The Bertz CT molecular complexity index is 1040. The molecule has 2 heterocycles. The number of hydrogen-bond acceptors (Lipinski definition) is 7. The summed E-state index contributed by atoms with van der Waals surface area (Å²) in [7, 11) is 2.93. The number of hydrogen-bond donors (Lipinski definition) is 0.